The molecule has 0 radical (unpaired) electrons. The highest BCUT2D eigenvalue weighted by Gasteiger charge is 2.19. The number of nitrogens with zero attached hydrogens (tertiary/aromatic N) is 4. The molecular formula is C13H12F4N4OS. The summed E-state index contributed by atoms with van der Waals surface area (Å²) in [6.45, 7) is -1.06. The summed E-state index contributed by atoms with van der Waals surface area (Å²) in [6, 6.07) is 5.60. The van der Waals surface area contributed by atoms with Gasteiger partial charge in [-0.05, 0) is 35.6 Å². The van der Waals surface area contributed by atoms with E-state index in [0.29, 0.717) is 11.3 Å². The number of benzene rings is 1. The van der Waals surface area contributed by atoms with E-state index >= 15 is 0 Å². The molecule has 0 saturated heterocycles. The summed E-state index contributed by atoms with van der Waals surface area (Å²) < 4.78 is 55.1. The van der Waals surface area contributed by atoms with Crippen molar-refractivity contribution in [2.75, 3.05) is 5.75 Å². The lowest BCUT2D eigenvalue weighted by Crippen LogP contribution is -2.02. The van der Waals surface area contributed by atoms with E-state index in [9.17, 15) is 17.6 Å². The van der Waals surface area contributed by atoms with E-state index in [1.807, 2.05) is 6.92 Å². The monoisotopic (exact) mass is 348 g/mol. The molecule has 1 aromatic heterocycles. The van der Waals surface area contributed by atoms with Gasteiger partial charge >= 0.3 is 6.61 Å². The molecular weight excluding hydrogens is 336 g/mol. The number of hydrogen-bond acceptors (Lipinski definition) is 5. The maximum absolute atomic E-state index is 12.9. The second-order valence-electron chi connectivity index (χ2n) is 4.08. The average molecular weight is 348 g/mol. The van der Waals surface area contributed by atoms with Gasteiger partial charge in [0.05, 0.1) is 6.21 Å². The highest BCUT2D eigenvalue weighted by atomic mass is 32.2. The molecule has 0 saturated carbocycles. The largest absolute Gasteiger partial charge is 0.435 e. The van der Waals surface area contributed by atoms with Crippen LogP contribution in [0.15, 0.2) is 34.5 Å². The number of ether oxygens (including phenoxy) is 1. The Balaban J connectivity index is 2.20. The molecule has 0 spiro atoms. The van der Waals surface area contributed by atoms with Crippen LogP contribution in [0.3, 0.4) is 0 Å². The van der Waals surface area contributed by atoms with Crippen molar-refractivity contribution in [1.82, 2.24) is 14.9 Å². The fourth-order valence-corrected chi connectivity index (χ4v) is 2.22. The number of rotatable bonds is 7. The number of thioether (sulfide) groups is 1. The van der Waals surface area contributed by atoms with Crippen LogP contribution in [0.5, 0.6) is 5.75 Å². The van der Waals surface area contributed by atoms with Gasteiger partial charge in [0, 0.05) is 0 Å². The van der Waals surface area contributed by atoms with Gasteiger partial charge in [0.15, 0.2) is 0 Å². The Hall–Kier alpha value is -2.10. The van der Waals surface area contributed by atoms with E-state index in [2.05, 4.69) is 20.0 Å². The predicted molar refractivity (Wildman–Crippen MR) is 77.4 cm³/mol. The topological polar surface area (TPSA) is 52.3 Å². The molecule has 0 aliphatic rings. The molecule has 0 atom stereocenters. The smallest absolute Gasteiger partial charge is 0.387 e. The molecule has 5 nitrogen and oxygen atoms in total. The Morgan fingerprint density at radius 3 is 2.48 bits per heavy atom. The summed E-state index contributed by atoms with van der Waals surface area (Å²) in [5.74, 6) is 0.0584. The zero-order chi connectivity index (χ0) is 16.8. The van der Waals surface area contributed by atoms with Crippen molar-refractivity contribution in [2.45, 2.75) is 25.1 Å². The summed E-state index contributed by atoms with van der Waals surface area (Å²) in [5, 5.41) is 11.3. The fourth-order valence-electron chi connectivity index (χ4n) is 1.60. The van der Waals surface area contributed by atoms with Crippen LogP contribution in [0.2, 0.25) is 0 Å². The van der Waals surface area contributed by atoms with E-state index < -0.39 is 18.9 Å². The maximum atomic E-state index is 12.9. The van der Waals surface area contributed by atoms with E-state index in [1.54, 1.807) is 0 Å². The second kappa shape index (κ2) is 7.95. The predicted octanol–water partition coefficient (Wildman–Crippen LogP) is 3.81. The molecule has 0 aliphatic heterocycles. The first kappa shape index (κ1) is 17.3. The molecule has 2 rings (SSSR count). The van der Waals surface area contributed by atoms with Gasteiger partial charge in [-0.2, -0.15) is 18.6 Å². The van der Waals surface area contributed by atoms with E-state index in [4.69, 9.17) is 0 Å². The van der Waals surface area contributed by atoms with Crippen LogP contribution >= 0.6 is 11.8 Å². The summed E-state index contributed by atoms with van der Waals surface area (Å²) in [4.78, 5) is 0. The van der Waals surface area contributed by atoms with Crippen molar-refractivity contribution in [2.24, 2.45) is 5.10 Å². The molecule has 10 heteroatoms. The first-order chi connectivity index (χ1) is 11.0. The van der Waals surface area contributed by atoms with Crippen LogP contribution in [-0.2, 0) is 0 Å². The molecule has 0 fully saturated rings. The Labute approximate surface area is 133 Å². The van der Waals surface area contributed by atoms with Crippen molar-refractivity contribution in [3.63, 3.8) is 0 Å². The minimum absolute atomic E-state index is 0.00283. The Kier molecular flexibility index (Phi) is 5.97. The molecule has 0 N–H and O–H groups in total. The van der Waals surface area contributed by atoms with E-state index in [1.165, 1.54) is 42.2 Å². The highest BCUT2D eigenvalue weighted by molar-refractivity contribution is 7.99. The van der Waals surface area contributed by atoms with Crippen LogP contribution in [0.25, 0.3) is 0 Å². The molecule has 0 unspecified atom stereocenters. The third kappa shape index (κ3) is 4.68. The van der Waals surface area contributed by atoms with Crippen LogP contribution in [0.1, 0.15) is 24.7 Å². The third-order valence-corrected chi connectivity index (χ3v) is 3.33. The molecule has 1 heterocycles. The molecule has 2 aromatic rings. The average Bonchev–Trinajstić information content (AvgIpc) is 2.89. The molecule has 1 aromatic carbocycles. The van der Waals surface area contributed by atoms with Crippen molar-refractivity contribution < 1.29 is 22.3 Å². The number of halogens is 4. The van der Waals surface area contributed by atoms with Crippen LogP contribution in [-0.4, -0.2) is 33.5 Å². The quantitative estimate of drug-likeness (QED) is 0.434. The molecule has 0 bridgehead atoms. The maximum Gasteiger partial charge on any atom is 0.387 e. The van der Waals surface area contributed by atoms with Gasteiger partial charge in [0.2, 0.25) is 11.0 Å². The van der Waals surface area contributed by atoms with Crippen LogP contribution < -0.4 is 4.74 Å². The number of hydrogen-bond donors (Lipinski definition) is 0. The van der Waals surface area contributed by atoms with Crippen molar-refractivity contribution in [3.05, 3.63) is 35.7 Å². The number of alkyl halides is 4. The minimum atomic E-state index is -2.91. The van der Waals surface area contributed by atoms with Crippen molar-refractivity contribution >= 4 is 18.0 Å². The van der Waals surface area contributed by atoms with Gasteiger partial charge < -0.3 is 4.74 Å². The lowest BCUT2D eigenvalue weighted by molar-refractivity contribution is -0.0498. The van der Waals surface area contributed by atoms with Crippen molar-refractivity contribution in [1.29, 1.82) is 0 Å². The minimum Gasteiger partial charge on any atom is -0.435 e. The van der Waals surface area contributed by atoms with Gasteiger partial charge in [-0.3, -0.25) is 0 Å². The zero-order valence-corrected chi connectivity index (χ0v) is 12.7. The number of aromatic nitrogens is 3. The fraction of sp³-hybridized carbons (Fsp3) is 0.308. The molecule has 0 amide bonds. The van der Waals surface area contributed by atoms with Gasteiger partial charge in [-0.25, -0.2) is 8.78 Å². The Bertz CT molecular complexity index is 660. The first-order valence-corrected chi connectivity index (χ1v) is 7.45. The summed E-state index contributed by atoms with van der Waals surface area (Å²) in [7, 11) is 0. The van der Waals surface area contributed by atoms with E-state index in [-0.39, 0.29) is 10.9 Å². The van der Waals surface area contributed by atoms with Crippen LogP contribution in [0, 0.1) is 0 Å². The lowest BCUT2D eigenvalue weighted by atomic mass is 10.2. The molecule has 23 heavy (non-hydrogen) atoms. The standard InChI is InChI=1S/C13H12F4N4OS/c1-2-23-13-20-19-11(10(14)15)21(13)18-7-8-3-5-9(6-4-8)22-12(16)17/h3-7,10,12H,2H2,1H3. The summed E-state index contributed by atoms with van der Waals surface area (Å²) >= 11 is 1.22. The normalized spacial score (nSPS) is 11.8. The van der Waals surface area contributed by atoms with Gasteiger partial charge in [0.1, 0.15) is 5.75 Å². The summed E-state index contributed by atoms with van der Waals surface area (Å²) in [5.41, 5.74) is 0.521. The van der Waals surface area contributed by atoms with Crippen LogP contribution in [0.4, 0.5) is 17.6 Å². The lowest BCUT2D eigenvalue weighted by Gasteiger charge is -2.04. The van der Waals surface area contributed by atoms with E-state index in [0.717, 1.165) is 4.68 Å². The van der Waals surface area contributed by atoms with Gasteiger partial charge in [-0.15, -0.1) is 10.2 Å². The molecule has 124 valence electrons. The van der Waals surface area contributed by atoms with Gasteiger partial charge in [-0.1, -0.05) is 18.7 Å². The molecule has 0 aliphatic carbocycles. The Morgan fingerprint density at radius 1 is 1.22 bits per heavy atom. The SMILES string of the molecule is CCSc1nnc(C(F)F)n1N=Cc1ccc(OC(F)F)cc1. The first-order valence-electron chi connectivity index (χ1n) is 6.46. The Morgan fingerprint density at radius 2 is 1.91 bits per heavy atom. The van der Waals surface area contributed by atoms with Gasteiger partial charge in [0.25, 0.3) is 6.43 Å². The third-order valence-electron chi connectivity index (χ3n) is 2.53. The highest BCUT2D eigenvalue weighted by Crippen LogP contribution is 2.23. The van der Waals surface area contributed by atoms with Crippen molar-refractivity contribution in [3.8, 4) is 5.75 Å². The second-order valence-corrected chi connectivity index (χ2v) is 5.31. The summed E-state index contributed by atoms with van der Waals surface area (Å²) in [6.07, 6.45) is -1.51. The zero-order valence-electron chi connectivity index (χ0n) is 11.9.